The first-order chi connectivity index (χ1) is 27.2. The van der Waals surface area contributed by atoms with E-state index in [0.29, 0.717) is 12.5 Å². The molecule has 3 aromatic carbocycles. The Morgan fingerprint density at radius 3 is 2.04 bits per heavy atom. The number of alkyl carbamates (subject to hydrolysis) is 2. The third kappa shape index (κ3) is 6.62. The summed E-state index contributed by atoms with van der Waals surface area (Å²) in [5.41, 5.74) is 6.12. The fourth-order valence-electron chi connectivity index (χ4n) is 9.15. The molecule has 4 heterocycles. The number of likely N-dealkylation sites (tertiary alicyclic amines) is 2. The number of nitrogens with one attached hydrogen (secondary N) is 4. The Kier molecular flexibility index (Phi) is 8.98. The molecule has 288 valence electrons. The summed E-state index contributed by atoms with van der Waals surface area (Å²) in [5, 5.41) is 7.25. The molecule has 4 atom stereocenters. The monoisotopic (exact) mass is 756 g/mol. The summed E-state index contributed by atoms with van der Waals surface area (Å²) in [4.78, 5) is 69.7. The highest BCUT2D eigenvalue weighted by Gasteiger charge is 2.54. The number of fused-ring (bicyclic) bond motifs is 3. The van der Waals surface area contributed by atoms with E-state index in [9.17, 15) is 19.2 Å². The maximum Gasteiger partial charge on any atom is 0.407 e. The molecule has 4 amide bonds. The van der Waals surface area contributed by atoms with E-state index in [1.807, 2.05) is 22.2 Å². The van der Waals surface area contributed by atoms with Gasteiger partial charge in [0.05, 0.1) is 50.1 Å². The lowest BCUT2D eigenvalue weighted by atomic mass is 9.97. The Hall–Kier alpha value is -6.18. The molecule has 14 nitrogen and oxygen atoms in total. The van der Waals surface area contributed by atoms with Gasteiger partial charge in [-0.15, -0.1) is 0 Å². The smallest absolute Gasteiger partial charge is 0.407 e. The highest BCUT2D eigenvalue weighted by molar-refractivity contribution is 5.91. The fraction of sp³-hybridized carbons (Fsp3) is 0.381. The van der Waals surface area contributed by atoms with Crippen molar-refractivity contribution in [2.45, 2.75) is 56.7 Å². The van der Waals surface area contributed by atoms with Gasteiger partial charge >= 0.3 is 12.2 Å². The molecule has 2 bridgehead atoms. The summed E-state index contributed by atoms with van der Waals surface area (Å²) >= 11 is 0. The minimum atomic E-state index is -0.624. The molecule has 2 saturated heterocycles. The van der Waals surface area contributed by atoms with Crippen molar-refractivity contribution < 1.29 is 28.7 Å². The van der Waals surface area contributed by atoms with E-state index in [2.05, 4.69) is 90.7 Å². The normalized spacial score (nSPS) is 21.8. The number of ether oxygens (including phenoxy) is 2. The van der Waals surface area contributed by atoms with Crippen LogP contribution in [0.3, 0.4) is 0 Å². The zero-order valence-electron chi connectivity index (χ0n) is 31.3. The Morgan fingerprint density at radius 1 is 0.750 bits per heavy atom. The van der Waals surface area contributed by atoms with E-state index in [4.69, 9.17) is 9.97 Å². The fourth-order valence-corrected chi connectivity index (χ4v) is 9.15. The summed E-state index contributed by atoms with van der Waals surface area (Å²) in [6, 6.07) is 21.0. The van der Waals surface area contributed by atoms with Gasteiger partial charge in [-0.2, -0.15) is 0 Å². The van der Waals surface area contributed by atoms with Gasteiger partial charge in [0.15, 0.2) is 0 Å². The summed E-state index contributed by atoms with van der Waals surface area (Å²) in [7, 11) is 2.56. The number of rotatable bonds is 9. The number of methoxy groups -OCH3 is 2. The average Bonchev–Trinajstić information content (AvgIpc) is 3.86. The molecule has 56 heavy (non-hydrogen) atoms. The van der Waals surface area contributed by atoms with Crippen LogP contribution < -0.4 is 10.6 Å². The lowest BCUT2D eigenvalue weighted by Gasteiger charge is -2.34. The second-order valence-corrected chi connectivity index (χ2v) is 15.6. The van der Waals surface area contributed by atoms with Crippen molar-refractivity contribution in [2.75, 3.05) is 33.9 Å². The number of benzene rings is 3. The molecular weight excluding hydrogens is 713 g/mol. The maximum absolute atomic E-state index is 13.2. The van der Waals surface area contributed by atoms with Crippen LogP contribution in [0.1, 0.15) is 62.3 Å². The third-order valence-corrected chi connectivity index (χ3v) is 12.3. The second kappa shape index (κ2) is 14.2. The quantitative estimate of drug-likeness (QED) is 0.140. The molecule has 2 aromatic heterocycles. The van der Waals surface area contributed by atoms with Gasteiger partial charge in [-0.05, 0) is 89.5 Å². The third-order valence-electron chi connectivity index (χ3n) is 12.3. The van der Waals surface area contributed by atoms with Crippen LogP contribution in [0.4, 0.5) is 9.59 Å². The van der Waals surface area contributed by atoms with Crippen molar-refractivity contribution in [1.29, 1.82) is 0 Å². The molecule has 9 rings (SSSR count). The topological polar surface area (TPSA) is 175 Å². The molecule has 4 fully saturated rings. The minimum Gasteiger partial charge on any atom is -0.453 e. The van der Waals surface area contributed by atoms with Crippen molar-refractivity contribution >= 4 is 34.8 Å². The van der Waals surface area contributed by atoms with Gasteiger partial charge < -0.3 is 39.9 Å². The number of hydrogen-bond donors (Lipinski definition) is 4. The van der Waals surface area contributed by atoms with Crippen LogP contribution >= 0.6 is 0 Å². The standard InChI is InChI=1S/C42H44N8O6/c1-55-40(53)45-21-35(51)49-23-42(13-14-42)18-34(49)38-43-20-33(47-38)29-10-9-27-15-26(7-8-28(27)16-29)24-3-5-25(6-4-24)32-19-44-39(48-32)37-30-11-12-31(17-30)50(37)36(52)22-46-41(54)56-2/h3-10,15-16,19-20,30-31,34,37H,11-14,17-18,21-23H2,1-2H3,(H,43,47)(H,44,48)(H,45,53)(H,46,54)/t30-,31?,34-,37-/m0/s1. The first kappa shape index (κ1) is 35.5. The average molecular weight is 757 g/mol. The van der Waals surface area contributed by atoms with Crippen molar-refractivity contribution in [3.05, 3.63) is 84.7 Å². The molecule has 2 saturated carbocycles. The number of aromatic nitrogens is 4. The molecule has 4 aliphatic rings. The number of amides is 4. The van der Waals surface area contributed by atoms with Crippen LogP contribution in [0.2, 0.25) is 0 Å². The summed E-state index contributed by atoms with van der Waals surface area (Å²) in [5.74, 6) is 1.60. The van der Waals surface area contributed by atoms with Crippen LogP contribution in [0.25, 0.3) is 44.4 Å². The number of carbonyl (C=O) groups is 4. The number of hydrogen-bond acceptors (Lipinski definition) is 8. The van der Waals surface area contributed by atoms with E-state index in [0.717, 1.165) is 94.6 Å². The summed E-state index contributed by atoms with van der Waals surface area (Å²) < 4.78 is 9.28. The lowest BCUT2D eigenvalue weighted by molar-refractivity contribution is -0.135. The first-order valence-corrected chi connectivity index (χ1v) is 19.2. The molecule has 2 aliphatic carbocycles. The summed E-state index contributed by atoms with van der Waals surface area (Å²) in [6.07, 6.45) is 8.43. The minimum absolute atomic E-state index is 0.104. The molecule has 2 aliphatic heterocycles. The van der Waals surface area contributed by atoms with Crippen LogP contribution in [0.5, 0.6) is 0 Å². The van der Waals surface area contributed by atoms with Crippen LogP contribution in [0, 0.1) is 11.3 Å². The molecule has 14 heteroatoms. The van der Waals surface area contributed by atoms with E-state index >= 15 is 0 Å². The number of carbonyl (C=O) groups excluding carboxylic acids is 4. The van der Waals surface area contributed by atoms with E-state index in [1.54, 1.807) is 0 Å². The van der Waals surface area contributed by atoms with Gasteiger partial charge in [-0.1, -0.05) is 48.5 Å². The van der Waals surface area contributed by atoms with Crippen LogP contribution in [-0.4, -0.2) is 93.6 Å². The largest absolute Gasteiger partial charge is 0.453 e. The first-order valence-electron chi connectivity index (χ1n) is 19.2. The number of imidazole rings is 2. The predicted molar refractivity (Wildman–Crippen MR) is 207 cm³/mol. The van der Waals surface area contributed by atoms with Gasteiger partial charge in [0, 0.05) is 18.2 Å². The SMILES string of the molecule is COC(=O)NCC(=O)N1CC2(CC2)C[C@H]1c1ncc(-c2ccc3cc(-c4ccc(-c5cnc([C@@H]6[C@H]7CCC(C7)N6C(=O)CNC(=O)OC)[nH]5)cc4)ccc3c2)[nH]1. The second-order valence-electron chi connectivity index (χ2n) is 15.6. The highest BCUT2D eigenvalue weighted by atomic mass is 16.5. The van der Waals surface area contributed by atoms with Gasteiger partial charge in [-0.3, -0.25) is 9.59 Å². The highest BCUT2D eigenvalue weighted by Crippen LogP contribution is 2.58. The van der Waals surface area contributed by atoms with E-state index in [1.165, 1.54) is 14.2 Å². The predicted octanol–water partition coefficient (Wildman–Crippen LogP) is 6.10. The zero-order valence-corrected chi connectivity index (χ0v) is 31.3. The van der Waals surface area contributed by atoms with Gasteiger partial charge in [0.25, 0.3) is 0 Å². The zero-order chi connectivity index (χ0) is 38.6. The van der Waals surface area contributed by atoms with E-state index in [-0.39, 0.29) is 48.4 Å². The molecule has 1 spiro atoms. The molecule has 0 radical (unpaired) electrons. The molecule has 5 aromatic rings. The van der Waals surface area contributed by atoms with Gasteiger partial charge in [0.2, 0.25) is 11.8 Å². The van der Waals surface area contributed by atoms with Gasteiger partial charge in [0.1, 0.15) is 24.7 Å². The molecule has 1 unspecified atom stereocenters. The lowest BCUT2D eigenvalue weighted by Crippen LogP contribution is -2.45. The number of H-pyrrole nitrogens is 2. The number of aromatic amines is 2. The Morgan fingerprint density at radius 2 is 1.34 bits per heavy atom. The van der Waals surface area contributed by atoms with Crippen molar-refractivity contribution in [3.8, 4) is 33.6 Å². The van der Waals surface area contributed by atoms with Crippen LogP contribution in [0.15, 0.2) is 73.1 Å². The van der Waals surface area contributed by atoms with Crippen molar-refractivity contribution in [3.63, 3.8) is 0 Å². The number of nitrogens with zero attached hydrogens (tertiary/aromatic N) is 4. The Balaban J connectivity index is 0.880. The summed E-state index contributed by atoms with van der Waals surface area (Å²) in [6.45, 7) is 0.456. The maximum atomic E-state index is 13.2. The molecular formula is C42H44N8O6. The van der Waals surface area contributed by atoms with Gasteiger partial charge in [-0.25, -0.2) is 19.6 Å². The Labute approximate surface area is 323 Å². The number of piperidine rings is 1. The van der Waals surface area contributed by atoms with Crippen LogP contribution in [-0.2, 0) is 19.1 Å². The van der Waals surface area contributed by atoms with Crippen molar-refractivity contribution in [1.82, 2.24) is 40.4 Å². The Bertz CT molecular complexity index is 2330. The van der Waals surface area contributed by atoms with E-state index < -0.39 is 12.2 Å². The molecule has 4 N–H and O–H groups in total. The van der Waals surface area contributed by atoms with Crippen molar-refractivity contribution in [2.24, 2.45) is 11.3 Å².